The van der Waals surface area contributed by atoms with Crippen molar-refractivity contribution in [3.63, 3.8) is 0 Å². The summed E-state index contributed by atoms with van der Waals surface area (Å²) >= 11 is 0. The molecular formula is C22H29N3O6S. The van der Waals surface area contributed by atoms with Gasteiger partial charge in [0.15, 0.2) is 0 Å². The van der Waals surface area contributed by atoms with E-state index in [4.69, 9.17) is 8.92 Å². The van der Waals surface area contributed by atoms with Gasteiger partial charge in [-0.05, 0) is 56.1 Å². The third kappa shape index (κ3) is 7.95. The lowest BCUT2D eigenvalue weighted by atomic mass is 10.2. The number of ether oxygens (including phenoxy) is 1. The summed E-state index contributed by atoms with van der Waals surface area (Å²) in [5.41, 5.74) is 1.21. The Bertz CT molecular complexity index is 1020. The molecule has 1 N–H and O–H groups in total. The van der Waals surface area contributed by atoms with Crippen LogP contribution < -0.4 is 9.50 Å². The average Bonchev–Trinajstić information content (AvgIpc) is 2.71. The Morgan fingerprint density at radius 1 is 1.03 bits per heavy atom. The van der Waals surface area contributed by atoms with E-state index in [2.05, 4.69) is 5.32 Å². The van der Waals surface area contributed by atoms with E-state index in [1.54, 1.807) is 23.1 Å². The number of rotatable bonds is 11. The van der Waals surface area contributed by atoms with Crippen molar-refractivity contribution in [2.45, 2.75) is 18.4 Å². The number of methoxy groups -OCH3 is 1. The van der Waals surface area contributed by atoms with Gasteiger partial charge in [0, 0.05) is 39.4 Å². The lowest BCUT2D eigenvalue weighted by Gasteiger charge is -2.24. The maximum Gasteiger partial charge on any atom is 0.339 e. The molecule has 32 heavy (non-hydrogen) atoms. The van der Waals surface area contributed by atoms with Gasteiger partial charge in [-0.1, -0.05) is 12.1 Å². The van der Waals surface area contributed by atoms with Gasteiger partial charge in [0.05, 0.1) is 0 Å². The van der Waals surface area contributed by atoms with Crippen LogP contribution in [0.4, 0.5) is 5.69 Å². The highest BCUT2D eigenvalue weighted by molar-refractivity contribution is 7.87. The lowest BCUT2D eigenvalue weighted by Crippen LogP contribution is -2.38. The van der Waals surface area contributed by atoms with Crippen LogP contribution in [0.1, 0.15) is 12.5 Å². The maximum atomic E-state index is 12.6. The molecule has 0 atom stereocenters. The van der Waals surface area contributed by atoms with E-state index in [1.165, 1.54) is 44.4 Å². The minimum absolute atomic E-state index is 0.0352. The van der Waals surface area contributed by atoms with Crippen molar-refractivity contribution < 1.29 is 26.9 Å². The van der Waals surface area contributed by atoms with E-state index in [0.717, 1.165) is 5.56 Å². The molecule has 0 bridgehead atoms. The Morgan fingerprint density at radius 2 is 1.72 bits per heavy atom. The first-order valence-electron chi connectivity index (χ1n) is 9.93. The summed E-state index contributed by atoms with van der Waals surface area (Å²) < 4.78 is 35.5. The second-order valence-electron chi connectivity index (χ2n) is 7.44. The number of carbonyl (C=O) groups excluding carboxylic acids is 2. The second-order valence-corrected chi connectivity index (χ2v) is 8.99. The van der Waals surface area contributed by atoms with Gasteiger partial charge in [-0.2, -0.15) is 8.42 Å². The summed E-state index contributed by atoms with van der Waals surface area (Å²) in [6, 6.07) is 12.3. The minimum atomic E-state index is -4.07. The number of hydrogen-bond donors (Lipinski definition) is 1. The van der Waals surface area contributed by atoms with Gasteiger partial charge in [-0.15, -0.1) is 0 Å². The first kappa shape index (κ1) is 25.3. The number of anilines is 1. The lowest BCUT2D eigenvalue weighted by molar-refractivity contribution is -0.136. The average molecular weight is 464 g/mol. The standard InChI is InChI=1S/C22H29N3O6S/c1-17(26)23-19-8-10-21(11-9-19)32(28,29)31-20-7-5-6-18(14-20)15-25(13-12-24(2)3)22(27)16-30-4/h5-11,14H,12-13,15-16H2,1-4H3,(H,23,26). The summed E-state index contributed by atoms with van der Waals surface area (Å²) in [6.07, 6.45) is 0. The van der Waals surface area contributed by atoms with Crippen molar-refractivity contribution >= 4 is 27.6 Å². The molecule has 174 valence electrons. The SMILES string of the molecule is COCC(=O)N(CCN(C)C)Cc1cccc(OS(=O)(=O)c2ccc(NC(C)=O)cc2)c1. The number of nitrogens with one attached hydrogen (secondary N) is 1. The van der Waals surface area contributed by atoms with Crippen LogP contribution in [-0.4, -0.2) is 70.9 Å². The second kappa shape index (κ2) is 11.6. The van der Waals surface area contributed by atoms with Crippen LogP contribution in [0.15, 0.2) is 53.4 Å². The normalized spacial score (nSPS) is 11.3. The summed E-state index contributed by atoms with van der Waals surface area (Å²) in [7, 11) is 1.23. The van der Waals surface area contributed by atoms with Crippen LogP contribution in [0, 0.1) is 0 Å². The van der Waals surface area contributed by atoms with Crippen LogP contribution >= 0.6 is 0 Å². The number of hydrogen-bond acceptors (Lipinski definition) is 7. The van der Waals surface area contributed by atoms with E-state index < -0.39 is 10.1 Å². The third-order valence-electron chi connectivity index (χ3n) is 4.38. The van der Waals surface area contributed by atoms with Gasteiger partial charge in [0.1, 0.15) is 17.3 Å². The van der Waals surface area contributed by atoms with Gasteiger partial charge < -0.3 is 24.0 Å². The Balaban J connectivity index is 2.15. The molecule has 0 spiro atoms. The maximum absolute atomic E-state index is 12.6. The molecular weight excluding hydrogens is 434 g/mol. The van der Waals surface area contributed by atoms with Crippen molar-refractivity contribution in [2.75, 3.05) is 46.2 Å². The molecule has 0 fully saturated rings. The predicted molar refractivity (Wildman–Crippen MR) is 121 cm³/mol. The van der Waals surface area contributed by atoms with E-state index >= 15 is 0 Å². The Morgan fingerprint density at radius 3 is 2.31 bits per heavy atom. The number of benzene rings is 2. The van der Waals surface area contributed by atoms with Crippen LogP contribution in [0.3, 0.4) is 0 Å². The molecule has 0 saturated heterocycles. The molecule has 2 aromatic rings. The number of carbonyl (C=O) groups is 2. The van der Waals surface area contributed by atoms with E-state index in [1.807, 2.05) is 19.0 Å². The van der Waals surface area contributed by atoms with Crippen LogP contribution in [0.5, 0.6) is 5.75 Å². The fourth-order valence-corrected chi connectivity index (χ4v) is 3.75. The smallest absolute Gasteiger partial charge is 0.339 e. The van der Waals surface area contributed by atoms with Crippen LogP contribution in [0.2, 0.25) is 0 Å². The van der Waals surface area contributed by atoms with Crippen molar-refractivity contribution in [3.05, 3.63) is 54.1 Å². The third-order valence-corrected chi connectivity index (χ3v) is 5.64. The molecule has 0 aliphatic heterocycles. The van der Waals surface area contributed by atoms with Crippen molar-refractivity contribution in [1.29, 1.82) is 0 Å². The molecule has 0 heterocycles. The zero-order valence-electron chi connectivity index (χ0n) is 18.7. The minimum Gasteiger partial charge on any atom is -0.379 e. The van der Waals surface area contributed by atoms with Gasteiger partial charge in [0.25, 0.3) is 0 Å². The molecule has 0 aliphatic carbocycles. The Kier molecular flexibility index (Phi) is 9.18. The molecule has 2 aromatic carbocycles. The quantitative estimate of drug-likeness (QED) is 0.508. The predicted octanol–water partition coefficient (Wildman–Crippen LogP) is 1.95. The highest BCUT2D eigenvalue weighted by atomic mass is 32.2. The molecule has 2 amide bonds. The molecule has 2 rings (SSSR count). The monoisotopic (exact) mass is 463 g/mol. The fourth-order valence-electron chi connectivity index (χ4n) is 2.83. The number of nitrogens with zero attached hydrogens (tertiary/aromatic N) is 2. The van der Waals surface area contributed by atoms with Gasteiger partial charge in [-0.25, -0.2) is 0 Å². The van der Waals surface area contributed by atoms with Gasteiger partial charge >= 0.3 is 10.1 Å². The largest absolute Gasteiger partial charge is 0.379 e. The van der Waals surface area contributed by atoms with Crippen LogP contribution in [-0.2, 0) is 31.0 Å². The summed E-state index contributed by atoms with van der Waals surface area (Å²) in [5.74, 6) is -0.273. The first-order chi connectivity index (χ1) is 15.1. The number of likely N-dealkylation sites (N-methyl/N-ethyl adjacent to an activating group) is 1. The first-order valence-corrected chi connectivity index (χ1v) is 11.3. The summed E-state index contributed by atoms with van der Waals surface area (Å²) in [5, 5.41) is 2.58. The molecule has 0 radical (unpaired) electrons. The Hall–Kier alpha value is -2.95. The van der Waals surface area contributed by atoms with Gasteiger partial charge in [-0.3, -0.25) is 9.59 Å². The number of amides is 2. The van der Waals surface area contributed by atoms with Crippen LogP contribution in [0.25, 0.3) is 0 Å². The molecule has 0 aliphatic rings. The molecule has 0 unspecified atom stereocenters. The summed E-state index contributed by atoms with van der Waals surface area (Å²) in [6.45, 7) is 2.80. The zero-order chi connectivity index (χ0) is 23.7. The van der Waals surface area contributed by atoms with E-state index in [-0.39, 0.29) is 29.1 Å². The van der Waals surface area contributed by atoms with E-state index in [0.29, 0.717) is 25.3 Å². The zero-order valence-corrected chi connectivity index (χ0v) is 19.5. The molecule has 0 aromatic heterocycles. The molecule has 10 heteroatoms. The Labute approximate surface area is 189 Å². The van der Waals surface area contributed by atoms with E-state index in [9.17, 15) is 18.0 Å². The summed E-state index contributed by atoms with van der Waals surface area (Å²) in [4.78, 5) is 27.1. The fraction of sp³-hybridized carbons (Fsp3) is 0.364. The van der Waals surface area contributed by atoms with Crippen molar-refractivity contribution in [2.24, 2.45) is 0 Å². The highest BCUT2D eigenvalue weighted by Gasteiger charge is 2.18. The topological polar surface area (TPSA) is 105 Å². The molecule has 9 nitrogen and oxygen atoms in total. The van der Waals surface area contributed by atoms with Crippen molar-refractivity contribution in [3.8, 4) is 5.75 Å². The highest BCUT2D eigenvalue weighted by Crippen LogP contribution is 2.22. The van der Waals surface area contributed by atoms with Gasteiger partial charge in [0.2, 0.25) is 11.8 Å². The molecule has 0 saturated carbocycles. The van der Waals surface area contributed by atoms with Crippen molar-refractivity contribution in [1.82, 2.24) is 9.80 Å².